The van der Waals surface area contributed by atoms with Gasteiger partial charge in [0.1, 0.15) is 5.75 Å². The highest BCUT2D eigenvalue weighted by atomic mass is 19.4. The Morgan fingerprint density at radius 2 is 2.18 bits per heavy atom. The average molecular weight is 311 g/mol. The predicted molar refractivity (Wildman–Crippen MR) is 74.5 cm³/mol. The van der Waals surface area contributed by atoms with Gasteiger partial charge < -0.3 is 10.1 Å². The summed E-state index contributed by atoms with van der Waals surface area (Å²) in [4.78, 5) is 9.09. The van der Waals surface area contributed by atoms with Crippen LogP contribution in [0, 0.1) is 0 Å². The van der Waals surface area contributed by atoms with Gasteiger partial charge in [-0.25, -0.2) is 4.98 Å². The van der Waals surface area contributed by atoms with E-state index < -0.39 is 12.6 Å². The first kappa shape index (κ1) is 14.9. The van der Waals surface area contributed by atoms with Crippen LogP contribution in [0.15, 0.2) is 30.6 Å². The van der Waals surface area contributed by atoms with Crippen molar-refractivity contribution >= 4 is 0 Å². The van der Waals surface area contributed by atoms with Crippen LogP contribution in [-0.2, 0) is 6.42 Å². The van der Waals surface area contributed by atoms with Crippen molar-refractivity contribution in [3.8, 4) is 5.75 Å². The molecule has 2 aromatic rings. The molecule has 2 N–H and O–H groups in total. The molecule has 0 unspecified atom stereocenters. The summed E-state index contributed by atoms with van der Waals surface area (Å²) in [6, 6.07) is 6.24. The van der Waals surface area contributed by atoms with E-state index in [0.29, 0.717) is 13.0 Å². The van der Waals surface area contributed by atoms with Gasteiger partial charge >= 0.3 is 6.18 Å². The monoisotopic (exact) mass is 311 g/mol. The molecule has 0 aliphatic carbocycles. The van der Waals surface area contributed by atoms with Crippen LogP contribution in [0.4, 0.5) is 13.2 Å². The van der Waals surface area contributed by atoms with Gasteiger partial charge in [-0.2, -0.15) is 13.2 Å². The first-order chi connectivity index (χ1) is 10.4. The Morgan fingerprint density at radius 3 is 2.91 bits per heavy atom. The molecular formula is C15H16F3N3O. The molecule has 118 valence electrons. The van der Waals surface area contributed by atoms with Crippen LogP contribution in [0.1, 0.15) is 29.4 Å². The van der Waals surface area contributed by atoms with Crippen LogP contribution < -0.4 is 0 Å². The SMILES string of the molecule is Oc1cccc([C@@H]2c3nc[nH]c3CCN2CCC(F)(F)F)c1. The van der Waals surface area contributed by atoms with E-state index in [4.69, 9.17) is 0 Å². The van der Waals surface area contributed by atoms with Gasteiger partial charge in [0.2, 0.25) is 0 Å². The fourth-order valence-corrected chi connectivity index (χ4v) is 2.90. The summed E-state index contributed by atoms with van der Waals surface area (Å²) in [7, 11) is 0. The van der Waals surface area contributed by atoms with Crippen LogP contribution in [0.25, 0.3) is 0 Å². The standard InChI is InChI=1S/C15H16F3N3O/c16-15(17,18)5-7-21-6-4-12-13(20-9-19-12)14(21)10-2-1-3-11(22)8-10/h1-3,8-9,14,22H,4-7H2,(H,19,20)/t14-/m1/s1. The summed E-state index contributed by atoms with van der Waals surface area (Å²) in [6.07, 6.45) is -2.84. The number of nitrogens with one attached hydrogen (secondary N) is 1. The summed E-state index contributed by atoms with van der Waals surface area (Å²) < 4.78 is 37.7. The van der Waals surface area contributed by atoms with E-state index in [1.54, 1.807) is 29.4 Å². The van der Waals surface area contributed by atoms with Crippen molar-refractivity contribution < 1.29 is 18.3 Å². The molecule has 4 nitrogen and oxygen atoms in total. The third-order valence-corrected chi connectivity index (χ3v) is 3.89. The van der Waals surface area contributed by atoms with Crippen LogP contribution in [0.3, 0.4) is 0 Å². The highest BCUT2D eigenvalue weighted by Gasteiger charge is 2.34. The predicted octanol–water partition coefficient (Wildman–Crippen LogP) is 3.02. The van der Waals surface area contributed by atoms with Gasteiger partial charge in [0.25, 0.3) is 0 Å². The minimum Gasteiger partial charge on any atom is -0.508 e. The number of H-pyrrole nitrogens is 1. The molecular weight excluding hydrogens is 295 g/mol. The molecule has 0 radical (unpaired) electrons. The molecule has 1 aromatic carbocycles. The molecule has 0 saturated carbocycles. The Bertz CT molecular complexity index is 653. The second-order valence-electron chi connectivity index (χ2n) is 5.41. The number of nitrogens with zero attached hydrogens (tertiary/aromatic N) is 2. The molecule has 1 aliphatic heterocycles. The second kappa shape index (κ2) is 5.64. The van der Waals surface area contributed by atoms with Gasteiger partial charge in [0.05, 0.1) is 24.5 Å². The first-order valence-corrected chi connectivity index (χ1v) is 7.06. The first-order valence-electron chi connectivity index (χ1n) is 7.06. The lowest BCUT2D eigenvalue weighted by Crippen LogP contribution is -2.38. The third kappa shape index (κ3) is 3.09. The summed E-state index contributed by atoms with van der Waals surface area (Å²) >= 11 is 0. The van der Waals surface area contributed by atoms with Gasteiger partial charge in [0, 0.05) is 25.2 Å². The molecule has 0 spiro atoms. The van der Waals surface area contributed by atoms with Crippen molar-refractivity contribution in [2.75, 3.05) is 13.1 Å². The number of fused-ring (bicyclic) bond motifs is 1. The molecule has 7 heteroatoms. The zero-order chi connectivity index (χ0) is 15.7. The number of hydrogen-bond donors (Lipinski definition) is 2. The van der Waals surface area contributed by atoms with Crippen molar-refractivity contribution in [3.05, 3.63) is 47.5 Å². The summed E-state index contributed by atoms with van der Waals surface area (Å²) in [5.41, 5.74) is 2.42. The van der Waals surface area contributed by atoms with E-state index in [1.807, 2.05) is 0 Å². The number of phenolic OH excluding ortho intramolecular Hbond substituents is 1. The van der Waals surface area contributed by atoms with E-state index in [-0.39, 0.29) is 18.3 Å². The maximum absolute atomic E-state index is 12.6. The second-order valence-corrected chi connectivity index (χ2v) is 5.41. The fraction of sp³-hybridized carbons (Fsp3) is 0.400. The Hall–Kier alpha value is -2.02. The maximum atomic E-state index is 12.6. The normalized spacial score (nSPS) is 19.1. The van der Waals surface area contributed by atoms with Crippen LogP contribution in [0.5, 0.6) is 5.75 Å². The van der Waals surface area contributed by atoms with Gasteiger partial charge in [0.15, 0.2) is 0 Å². The Balaban J connectivity index is 1.92. The van der Waals surface area contributed by atoms with Crippen LogP contribution in [-0.4, -0.2) is 39.2 Å². The van der Waals surface area contributed by atoms with E-state index in [2.05, 4.69) is 9.97 Å². The fourth-order valence-electron chi connectivity index (χ4n) is 2.90. The van der Waals surface area contributed by atoms with Gasteiger partial charge in [-0.3, -0.25) is 4.90 Å². The molecule has 1 aromatic heterocycles. The molecule has 2 heterocycles. The molecule has 0 amide bonds. The number of halogens is 3. The Labute approximate surface area is 125 Å². The van der Waals surface area contributed by atoms with Gasteiger partial charge in [-0.15, -0.1) is 0 Å². The number of imidazole rings is 1. The molecule has 22 heavy (non-hydrogen) atoms. The van der Waals surface area contributed by atoms with Gasteiger partial charge in [-0.1, -0.05) is 12.1 Å². The molecule has 1 atom stereocenters. The van der Waals surface area contributed by atoms with Crippen molar-refractivity contribution in [3.63, 3.8) is 0 Å². The van der Waals surface area contributed by atoms with Gasteiger partial charge in [-0.05, 0) is 17.7 Å². The van der Waals surface area contributed by atoms with Crippen molar-refractivity contribution in [2.24, 2.45) is 0 Å². The lowest BCUT2D eigenvalue weighted by molar-refractivity contribution is -0.139. The largest absolute Gasteiger partial charge is 0.508 e. The van der Waals surface area contributed by atoms with E-state index >= 15 is 0 Å². The zero-order valence-corrected chi connectivity index (χ0v) is 11.8. The number of hydrogen-bond acceptors (Lipinski definition) is 3. The van der Waals surface area contributed by atoms with Crippen molar-refractivity contribution in [1.29, 1.82) is 0 Å². The van der Waals surface area contributed by atoms with Crippen molar-refractivity contribution in [2.45, 2.75) is 25.1 Å². The Morgan fingerprint density at radius 1 is 1.36 bits per heavy atom. The number of aromatic nitrogens is 2. The lowest BCUT2D eigenvalue weighted by atomic mass is 9.95. The van der Waals surface area contributed by atoms with Crippen LogP contribution >= 0.6 is 0 Å². The smallest absolute Gasteiger partial charge is 0.390 e. The molecule has 0 saturated heterocycles. The number of alkyl halides is 3. The number of benzene rings is 1. The minimum absolute atomic E-state index is 0.0872. The maximum Gasteiger partial charge on any atom is 0.390 e. The minimum atomic E-state index is -4.19. The van der Waals surface area contributed by atoms with E-state index in [9.17, 15) is 18.3 Å². The highest BCUT2D eigenvalue weighted by molar-refractivity contribution is 5.36. The third-order valence-electron chi connectivity index (χ3n) is 3.89. The summed E-state index contributed by atoms with van der Waals surface area (Å²) in [5.74, 6) is 0.0935. The number of aromatic amines is 1. The zero-order valence-electron chi connectivity index (χ0n) is 11.8. The number of aromatic hydroxyl groups is 1. The topological polar surface area (TPSA) is 52.2 Å². The number of rotatable bonds is 3. The summed E-state index contributed by atoms with van der Waals surface area (Å²) in [6.45, 7) is 0.432. The number of phenols is 1. The van der Waals surface area contributed by atoms with Crippen LogP contribution in [0.2, 0.25) is 0 Å². The van der Waals surface area contributed by atoms with Crippen molar-refractivity contribution in [1.82, 2.24) is 14.9 Å². The van der Waals surface area contributed by atoms with E-state index in [1.165, 1.54) is 6.07 Å². The quantitative estimate of drug-likeness (QED) is 0.916. The lowest BCUT2D eigenvalue weighted by Gasteiger charge is -2.35. The average Bonchev–Trinajstić information content (AvgIpc) is 2.92. The molecule has 3 rings (SSSR count). The highest BCUT2D eigenvalue weighted by Crippen LogP contribution is 2.35. The summed E-state index contributed by atoms with van der Waals surface area (Å²) in [5, 5.41) is 9.66. The molecule has 0 fully saturated rings. The van der Waals surface area contributed by atoms with E-state index in [0.717, 1.165) is 17.0 Å². The molecule has 1 aliphatic rings. The Kier molecular flexibility index (Phi) is 3.82. The molecule has 0 bridgehead atoms.